The third-order valence-corrected chi connectivity index (χ3v) is 5.05. The fraction of sp³-hybridized carbons (Fsp3) is 0.565. The van der Waals surface area contributed by atoms with E-state index in [4.69, 9.17) is 5.73 Å². The first-order valence-electron chi connectivity index (χ1n) is 11.0. The number of carbonyl (C=O) groups excluding carboxylic acids is 3. The number of carboxylic acid groups (broad SMARTS) is 1. The molecule has 0 fully saturated rings. The Morgan fingerprint density at radius 3 is 1.94 bits per heavy atom. The average molecular weight is 465 g/mol. The minimum absolute atomic E-state index is 0.0580. The molecule has 1 aromatic rings. The van der Waals surface area contributed by atoms with E-state index in [0.717, 1.165) is 5.56 Å². The Morgan fingerprint density at radius 2 is 1.45 bits per heavy atom. The molecule has 0 spiro atoms. The number of aliphatic carboxylic acids is 1. The number of hydrogen-bond acceptors (Lipinski definition) is 6. The minimum atomic E-state index is -1.15. The summed E-state index contributed by atoms with van der Waals surface area (Å²) in [6, 6.07) is 2.37. The van der Waals surface area contributed by atoms with Crippen LogP contribution in [0.3, 0.4) is 0 Å². The van der Waals surface area contributed by atoms with Crippen LogP contribution in [-0.2, 0) is 25.6 Å². The van der Waals surface area contributed by atoms with E-state index in [0.29, 0.717) is 0 Å². The van der Waals surface area contributed by atoms with Crippen molar-refractivity contribution in [1.29, 1.82) is 0 Å². The molecule has 4 atom stereocenters. The molecule has 10 heteroatoms. The van der Waals surface area contributed by atoms with Crippen molar-refractivity contribution in [2.45, 2.75) is 71.6 Å². The predicted molar refractivity (Wildman–Crippen MR) is 123 cm³/mol. The summed E-state index contributed by atoms with van der Waals surface area (Å²) in [6.07, 6.45) is 0.467. The van der Waals surface area contributed by atoms with Crippen LogP contribution >= 0.6 is 0 Å². The number of aromatic hydroxyl groups is 1. The van der Waals surface area contributed by atoms with Crippen molar-refractivity contribution in [3.05, 3.63) is 29.8 Å². The smallest absolute Gasteiger partial charge is 0.326 e. The number of phenolic OH excluding ortho intramolecular Hbond substituents is 1. The second-order valence-electron chi connectivity index (χ2n) is 8.97. The molecule has 0 aliphatic rings. The molecule has 33 heavy (non-hydrogen) atoms. The van der Waals surface area contributed by atoms with Gasteiger partial charge in [0.25, 0.3) is 0 Å². The Morgan fingerprint density at radius 1 is 0.879 bits per heavy atom. The van der Waals surface area contributed by atoms with Crippen LogP contribution in [-0.4, -0.2) is 58.1 Å². The quantitative estimate of drug-likeness (QED) is 0.262. The van der Waals surface area contributed by atoms with Gasteiger partial charge in [0.15, 0.2) is 0 Å². The van der Waals surface area contributed by atoms with Crippen LogP contribution in [0.4, 0.5) is 0 Å². The van der Waals surface area contributed by atoms with Gasteiger partial charge in [0.1, 0.15) is 23.9 Å². The van der Waals surface area contributed by atoms with Gasteiger partial charge in [-0.1, -0.05) is 39.8 Å². The van der Waals surface area contributed by atoms with Crippen LogP contribution in [0, 0.1) is 11.8 Å². The molecule has 1 rings (SSSR count). The van der Waals surface area contributed by atoms with E-state index in [-0.39, 0.29) is 30.4 Å². The number of carboxylic acids is 1. The van der Waals surface area contributed by atoms with Gasteiger partial charge in [0.2, 0.25) is 17.7 Å². The van der Waals surface area contributed by atoms with Gasteiger partial charge >= 0.3 is 5.97 Å². The van der Waals surface area contributed by atoms with E-state index in [1.54, 1.807) is 26.0 Å². The topological polar surface area (TPSA) is 171 Å². The van der Waals surface area contributed by atoms with E-state index in [2.05, 4.69) is 16.0 Å². The second kappa shape index (κ2) is 12.8. The molecule has 1 aromatic carbocycles. The summed E-state index contributed by atoms with van der Waals surface area (Å²) < 4.78 is 0. The Balaban J connectivity index is 2.73. The fourth-order valence-corrected chi connectivity index (χ4v) is 3.13. The first-order chi connectivity index (χ1) is 15.3. The normalized spacial score (nSPS) is 14.8. The lowest BCUT2D eigenvalue weighted by molar-refractivity contribution is -0.142. The largest absolute Gasteiger partial charge is 0.508 e. The van der Waals surface area contributed by atoms with E-state index in [1.807, 2.05) is 13.8 Å². The summed E-state index contributed by atoms with van der Waals surface area (Å²) in [6.45, 7) is 8.61. The Labute approximate surface area is 194 Å². The number of nitrogens with two attached hydrogens (primary N) is 1. The lowest BCUT2D eigenvalue weighted by Crippen LogP contribution is -2.58. The minimum Gasteiger partial charge on any atom is -0.508 e. The molecule has 0 heterocycles. The van der Waals surface area contributed by atoms with Gasteiger partial charge in [0, 0.05) is 0 Å². The zero-order valence-corrected chi connectivity index (χ0v) is 19.8. The summed E-state index contributed by atoms with van der Waals surface area (Å²) in [7, 11) is 0. The molecule has 10 nitrogen and oxygen atoms in total. The maximum atomic E-state index is 12.8. The van der Waals surface area contributed by atoms with Gasteiger partial charge in [-0.05, 0) is 49.3 Å². The molecule has 3 amide bonds. The van der Waals surface area contributed by atoms with Crippen molar-refractivity contribution >= 4 is 23.7 Å². The number of phenols is 1. The van der Waals surface area contributed by atoms with E-state index in [9.17, 15) is 29.4 Å². The Bertz CT molecular complexity index is 825. The van der Waals surface area contributed by atoms with Crippen molar-refractivity contribution in [3.63, 3.8) is 0 Å². The molecular formula is C23H36N4O6. The van der Waals surface area contributed by atoms with E-state index < -0.39 is 47.9 Å². The average Bonchev–Trinajstić information content (AvgIpc) is 2.71. The summed E-state index contributed by atoms with van der Waals surface area (Å²) in [5.41, 5.74) is 6.73. The molecule has 184 valence electrons. The van der Waals surface area contributed by atoms with Crippen LogP contribution in [0.25, 0.3) is 0 Å². The predicted octanol–water partition coefficient (Wildman–Crippen LogP) is 0.523. The highest BCUT2D eigenvalue weighted by Crippen LogP contribution is 2.11. The third kappa shape index (κ3) is 9.48. The number of amides is 3. The van der Waals surface area contributed by atoms with Crippen LogP contribution in [0.15, 0.2) is 24.3 Å². The highest BCUT2D eigenvalue weighted by Gasteiger charge is 2.30. The number of rotatable bonds is 12. The molecule has 0 aliphatic carbocycles. The molecule has 0 saturated carbocycles. The monoisotopic (exact) mass is 464 g/mol. The highest BCUT2D eigenvalue weighted by molar-refractivity contribution is 5.94. The van der Waals surface area contributed by atoms with Crippen LogP contribution in [0.5, 0.6) is 5.75 Å². The van der Waals surface area contributed by atoms with E-state index in [1.165, 1.54) is 19.1 Å². The Kier molecular flexibility index (Phi) is 10.8. The molecule has 0 aromatic heterocycles. The molecule has 0 radical (unpaired) electrons. The molecule has 7 N–H and O–H groups in total. The SMILES string of the molecule is CC(C)CC(NC(=O)C(C)NC(=O)C(NC(=O)C(N)Cc1ccc(O)cc1)C(C)C)C(=O)O. The van der Waals surface area contributed by atoms with Crippen molar-refractivity contribution in [3.8, 4) is 5.75 Å². The maximum absolute atomic E-state index is 12.8. The standard InChI is InChI=1S/C23H36N4O6/c1-12(2)10-18(23(32)33)26-20(29)14(5)25-22(31)19(13(3)4)27-21(30)17(24)11-15-6-8-16(28)9-7-15/h6-9,12-14,17-19,28H,10-11,24H2,1-5H3,(H,25,31)(H,26,29)(H,27,30)(H,32,33). The zero-order chi connectivity index (χ0) is 25.3. The van der Waals surface area contributed by atoms with Crippen LogP contribution in [0.2, 0.25) is 0 Å². The van der Waals surface area contributed by atoms with Gasteiger partial charge in [-0.25, -0.2) is 4.79 Å². The van der Waals surface area contributed by atoms with Crippen molar-refractivity contribution in [1.82, 2.24) is 16.0 Å². The third-order valence-electron chi connectivity index (χ3n) is 5.05. The van der Waals surface area contributed by atoms with Crippen molar-refractivity contribution in [2.75, 3.05) is 0 Å². The number of carbonyl (C=O) groups is 4. The lowest BCUT2D eigenvalue weighted by atomic mass is 10.0. The van der Waals surface area contributed by atoms with Gasteiger partial charge in [0.05, 0.1) is 6.04 Å². The second-order valence-corrected chi connectivity index (χ2v) is 8.97. The lowest BCUT2D eigenvalue weighted by Gasteiger charge is -2.26. The van der Waals surface area contributed by atoms with Gasteiger partial charge in [-0.15, -0.1) is 0 Å². The van der Waals surface area contributed by atoms with E-state index >= 15 is 0 Å². The van der Waals surface area contributed by atoms with Gasteiger partial charge in [-0.2, -0.15) is 0 Å². The van der Waals surface area contributed by atoms with Crippen LogP contribution < -0.4 is 21.7 Å². The number of benzene rings is 1. The van der Waals surface area contributed by atoms with Crippen molar-refractivity contribution in [2.24, 2.45) is 17.6 Å². The molecule has 4 unspecified atom stereocenters. The fourth-order valence-electron chi connectivity index (χ4n) is 3.13. The zero-order valence-electron chi connectivity index (χ0n) is 19.8. The summed E-state index contributed by atoms with van der Waals surface area (Å²) >= 11 is 0. The molecule has 0 saturated heterocycles. The summed E-state index contributed by atoms with van der Waals surface area (Å²) in [4.78, 5) is 49.1. The number of hydrogen-bond donors (Lipinski definition) is 6. The van der Waals surface area contributed by atoms with Crippen LogP contribution in [0.1, 0.15) is 46.6 Å². The number of nitrogens with one attached hydrogen (secondary N) is 3. The van der Waals surface area contributed by atoms with Crippen molar-refractivity contribution < 1.29 is 29.4 Å². The van der Waals surface area contributed by atoms with Gasteiger partial charge < -0.3 is 31.9 Å². The summed E-state index contributed by atoms with van der Waals surface area (Å²) in [5, 5.41) is 26.2. The van der Waals surface area contributed by atoms with Gasteiger partial charge in [-0.3, -0.25) is 14.4 Å². The highest BCUT2D eigenvalue weighted by atomic mass is 16.4. The first kappa shape index (κ1) is 27.9. The molecule has 0 aliphatic heterocycles. The molecule has 0 bridgehead atoms. The first-order valence-corrected chi connectivity index (χ1v) is 11.0. The molecular weight excluding hydrogens is 428 g/mol. The Hall–Kier alpha value is -3.14. The summed E-state index contributed by atoms with van der Waals surface area (Å²) in [5.74, 6) is -3.02. The maximum Gasteiger partial charge on any atom is 0.326 e.